The predicted octanol–water partition coefficient (Wildman–Crippen LogP) is 4.58. The summed E-state index contributed by atoms with van der Waals surface area (Å²) in [6.07, 6.45) is 0. The zero-order valence-corrected chi connectivity index (χ0v) is 11.6. The third kappa shape index (κ3) is 3.06. The zero-order chi connectivity index (χ0) is 14.0. The highest BCUT2D eigenvalue weighted by atomic mass is 35.5. The van der Waals surface area contributed by atoms with Crippen molar-refractivity contribution in [2.45, 2.75) is 6.04 Å². The summed E-state index contributed by atoms with van der Waals surface area (Å²) in [5.74, 6) is -1.76. The molecule has 1 N–H and O–H groups in total. The fourth-order valence-corrected chi connectivity index (χ4v) is 2.45. The maximum atomic E-state index is 13.3. The molecular weight excluding hydrogens is 291 g/mol. The standard InChI is InChI=1S/C14H11Cl2F2N/c1-19-14(8-2-5-12(17)13(18)6-8)10-4-3-9(15)7-11(10)16/h2-7,14,19H,1H3. The van der Waals surface area contributed by atoms with Gasteiger partial charge in [-0.15, -0.1) is 0 Å². The molecule has 0 aliphatic heterocycles. The summed E-state index contributed by atoms with van der Waals surface area (Å²) in [5, 5.41) is 4.02. The molecule has 0 aromatic heterocycles. The molecule has 1 atom stereocenters. The number of benzene rings is 2. The van der Waals surface area contributed by atoms with Crippen molar-refractivity contribution < 1.29 is 8.78 Å². The minimum absolute atomic E-state index is 0.333. The second-order valence-corrected chi connectivity index (χ2v) is 4.90. The van der Waals surface area contributed by atoms with Crippen molar-refractivity contribution in [2.24, 2.45) is 0 Å². The van der Waals surface area contributed by atoms with Gasteiger partial charge in [-0.3, -0.25) is 0 Å². The molecule has 0 spiro atoms. The topological polar surface area (TPSA) is 12.0 Å². The summed E-state index contributed by atoms with van der Waals surface area (Å²) in [5.41, 5.74) is 1.34. The first kappa shape index (κ1) is 14.3. The van der Waals surface area contributed by atoms with Crippen molar-refractivity contribution in [1.82, 2.24) is 5.32 Å². The Bertz CT molecular complexity index is 602. The third-order valence-corrected chi connectivity index (χ3v) is 3.40. The van der Waals surface area contributed by atoms with Gasteiger partial charge in [-0.1, -0.05) is 35.3 Å². The van der Waals surface area contributed by atoms with Gasteiger partial charge >= 0.3 is 0 Å². The monoisotopic (exact) mass is 301 g/mol. The molecule has 0 saturated heterocycles. The number of hydrogen-bond donors (Lipinski definition) is 1. The lowest BCUT2D eigenvalue weighted by Crippen LogP contribution is -2.18. The van der Waals surface area contributed by atoms with Gasteiger partial charge in [0.05, 0.1) is 6.04 Å². The number of rotatable bonds is 3. The quantitative estimate of drug-likeness (QED) is 0.875. The largest absolute Gasteiger partial charge is 0.309 e. The van der Waals surface area contributed by atoms with Gasteiger partial charge in [0, 0.05) is 10.0 Å². The van der Waals surface area contributed by atoms with E-state index < -0.39 is 11.6 Å². The van der Waals surface area contributed by atoms with E-state index in [1.165, 1.54) is 6.07 Å². The second-order valence-electron chi connectivity index (χ2n) is 4.06. The van der Waals surface area contributed by atoms with E-state index in [1.807, 2.05) is 0 Å². The van der Waals surface area contributed by atoms with Crippen LogP contribution >= 0.6 is 23.2 Å². The van der Waals surface area contributed by atoms with Crippen molar-refractivity contribution in [1.29, 1.82) is 0 Å². The summed E-state index contributed by atoms with van der Waals surface area (Å²) in [6, 6.07) is 8.51. The minimum atomic E-state index is -0.886. The molecule has 0 bridgehead atoms. The molecule has 1 nitrogen and oxygen atoms in total. The van der Waals surface area contributed by atoms with Gasteiger partial charge in [0.1, 0.15) is 0 Å². The Kier molecular flexibility index (Phi) is 4.40. The summed E-state index contributed by atoms with van der Waals surface area (Å²) in [7, 11) is 1.72. The van der Waals surface area contributed by atoms with Crippen LogP contribution in [0.1, 0.15) is 17.2 Å². The molecule has 100 valence electrons. The van der Waals surface area contributed by atoms with Gasteiger partial charge in [-0.25, -0.2) is 8.78 Å². The molecule has 0 heterocycles. The van der Waals surface area contributed by atoms with Crippen LogP contribution in [-0.2, 0) is 0 Å². The maximum absolute atomic E-state index is 13.3. The van der Waals surface area contributed by atoms with Gasteiger partial charge in [0.2, 0.25) is 0 Å². The van der Waals surface area contributed by atoms with Crippen LogP contribution in [0.2, 0.25) is 10.0 Å². The van der Waals surface area contributed by atoms with E-state index in [0.29, 0.717) is 15.6 Å². The number of halogens is 4. The van der Waals surface area contributed by atoms with E-state index in [1.54, 1.807) is 25.2 Å². The van der Waals surface area contributed by atoms with Gasteiger partial charge < -0.3 is 5.32 Å². The average Bonchev–Trinajstić information content (AvgIpc) is 2.37. The maximum Gasteiger partial charge on any atom is 0.159 e. The molecule has 0 aliphatic rings. The van der Waals surface area contributed by atoms with Gasteiger partial charge in [-0.2, -0.15) is 0 Å². The summed E-state index contributed by atoms with van der Waals surface area (Å²) < 4.78 is 26.3. The average molecular weight is 302 g/mol. The van der Waals surface area contributed by atoms with Crippen LogP contribution in [-0.4, -0.2) is 7.05 Å². The predicted molar refractivity (Wildman–Crippen MR) is 73.7 cm³/mol. The van der Waals surface area contributed by atoms with E-state index in [9.17, 15) is 8.78 Å². The molecular formula is C14H11Cl2F2N. The van der Waals surface area contributed by atoms with Crippen LogP contribution in [0.4, 0.5) is 8.78 Å². The van der Waals surface area contributed by atoms with Gasteiger partial charge in [0.25, 0.3) is 0 Å². The van der Waals surface area contributed by atoms with Crippen molar-refractivity contribution >= 4 is 23.2 Å². The fourth-order valence-electron chi connectivity index (χ4n) is 1.93. The molecule has 1 unspecified atom stereocenters. The van der Waals surface area contributed by atoms with E-state index >= 15 is 0 Å². The smallest absolute Gasteiger partial charge is 0.159 e. The highest BCUT2D eigenvalue weighted by Crippen LogP contribution is 2.30. The lowest BCUT2D eigenvalue weighted by molar-refractivity contribution is 0.505. The molecule has 2 aromatic carbocycles. The second kappa shape index (κ2) is 5.87. The highest BCUT2D eigenvalue weighted by molar-refractivity contribution is 6.35. The molecule has 0 fully saturated rings. The van der Waals surface area contributed by atoms with Gasteiger partial charge in [-0.05, 0) is 42.4 Å². The number of nitrogens with one attached hydrogen (secondary N) is 1. The molecule has 0 radical (unpaired) electrons. The molecule has 0 aliphatic carbocycles. The van der Waals surface area contributed by atoms with Crippen molar-refractivity contribution in [3.05, 3.63) is 69.2 Å². The Morgan fingerprint density at radius 2 is 1.74 bits per heavy atom. The van der Waals surface area contributed by atoms with Crippen LogP contribution in [0.3, 0.4) is 0 Å². The fraction of sp³-hybridized carbons (Fsp3) is 0.143. The molecule has 0 amide bonds. The summed E-state index contributed by atoms with van der Waals surface area (Å²) >= 11 is 12.0. The van der Waals surface area contributed by atoms with Crippen molar-refractivity contribution in [2.75, 3.05) is 7.05 Å². The Morgan fingerprint density at radius 3 is 2.32 bits per heavy atom. The SMILES string of the molecule is CNC(c1ccc(F)c(F)c1)c1ccc(Cl)cc1Cl. The first-order valence-electron chi connectivity index (χ1n) is 5.60. The minimum Gasteiger partial charge on any atom is -0.309 e. The Morgan fingerprint density at radius 1 is 1.00 bits per heavy atom. The Hall–Kier alpha value is -1.16. The zero-order valence-electron chi connectivity index (χ0n) is 10.1. The van der Waals surface area contributed by atoms with Gasteiger partial charge in [0.15, 0.2) is 11.6 Å². The molecule has 2 rings (SSSR count). The van der Waals surface area contributed by atoms with E-state index in [0.717, 1.165) is 17.7 Å². The van der Waals surface area contributed by atoms with E-state index in [2.05, 4.69) is 5.32 Å². The molecule has 5 heteroatoms. The third-order valence-electron chi connectivity index (χ3n) is 2.84. The van der Waals surface area contributed by atoms with Crippen LogP contribution in [0.15, 0.2) is 36.4 Å². The Balaban J connectivity index is 2.46. The normalized spacial score (nSPS) is 12.5. The summed E-state index contributed by atoms with van der Waals surface area (Å²) in [6.45, 7) is 0. The Labute approximate surface area is 120 Å². The summed E-state index contributed by atoms with van der Waals surface area (Å²) in [4.78, 5) is 0. The number of hydrogen-bond acceptors (Lipinski definition) is 1. The lowest BCUT2D eigenvalue weighted by atomic mass is 9.98. The van der Waals surface area contributed by atoms with Crippen molar-refractivity contribution in [3.8, 4) is 0 Å². The van der Waals surface area contributed by atoms with E-state index in [4.69, 9.17) is 23.2 Å². The van der Waals surface area contributed by atoms with Crippen molar-refractivity contribution in [3.63, 3.8) is 0 Å². The highest BCUT2D eigenvalue weighted by Gasteiger charge is 2.17. The van der Waals surface area contributed by atoms with Crippen LogP contribution in [0.25, 0.3) is 0 Å². The molecule has 2 aromatic rings. The molecule has 19 heavy (non-hydrogen) atoms. The lowest BCUT2D eigenvalue weighted by Gasteiger charge is -2.19. The van der Waals surface area contributed by atoms with Crippen LogP contribution < -0.4 is 5.32 Å². The van der Waals surface area contributed by atoms with Crippen LogP contribution in [0.5, 0.6) is 0 Å². The first-order valence-corrected chi connectivity index (χ1v) is 6.35. The molecule has 0 saturated carbocycles. The first-order chi connectivity index (χ1) is 9.02. The van der Waals surface area contributed by atoms with Crippen LogP contribution in [0, 0.1) is 11.6 Å². The van der Waals surface area contributed by atoms with E-state index in [-0.39, 0.29) is 6.04 Å².